The van der Waals surface area contributed by atoms with Crippen LogP contribution < -0.4 is 27.4 Å². The topological polar surface area (TPSA) is 172 Å². The van der Waals surface area contributed by atoms with Gasteiger partial charge in [0, 0.05) is 76.3 Å². The molecule has 0 radical (unpaired) electrons. The van der Waals surface area contributed by atoms with Crippen molar-refractivity contribution in [2.75, 3.05) is 58.6 Å². The number of hydrogen-bond acceptors (Lipinski definition) is 10. The van der Waals surface area contributed by atoms with E-state index in [0.29, 0.717) is 53.5 Å². The molecule has 2 aromatic heterocycles. The number of nitrogens with zero attached hydrogens (tertiary/aromatic N) is 6. The quantitative estimate of drug-likeness (QED) is 0.0334. The molecule has 0 bridgehead atoms. The largest absolute Gasteiger partial charge is 0.393 e. The molecule has 17 heteroatoms. The van der Waals surface area contributed by atoms with Crippen LogP contribution in [0.1, 0.15) is 112 Å². The van der Waals surface area contributed by atoms with E-state index in [1.807, 2.05) is 43.0 Å². The number of rotatable bonds is 18. The molecule has 3 aliphatic rings. The van der Waals surface area contributed by atoms with Gasteiger partial charge in [-0.2, -0.15) is 13.2 Å². The fraction of sp³-hybridized carbons (Fsp3) is 0.491. The molecule has 388 valence electrons. The first-order valence-corrected chi connectivity index (χ1v) is 25.4. The van der Waals surface area contributed by atoms with Gasteiger partial charge in [0.1, 0.15) is 11.9 Å². The molecule has 4 aromatic rings. The van der Waals surface area contributed by atoms with Crippen LogP contribution in [0.2, 0.25) is 0 Å². The number of piperidine rings is 3. The number of benzene rings is 2. The van der Waals surface area contributed by atoms with Gasteiger partial charge in [0.15, 0.2) is 0 Å². The maximum atomic E-state index is 14.1. The standard InChI is InChI=1S/C53H67F3N10O4.C2H6/c1-34(28-35(2)44(17-22-58-4)42-11-14-48(57)61-32-42)36(3)64-26-20-40(21-27-64)39-7-9-41(10-8-39)51(69)65-24-18-37(19-25-65)30-59-23-16-43(53(54,55)56)33-60-31-38-6-12-45-47(29-38)63(5)52(70)66(45)46-13-15-49(67)62-50(46)68;1-2/h6-12,14,17,22,28-29,32,36-37,40,43,46,59-60H,2,13,15-16,18-21,23-27,30-31,33H2,1,3-5H3,(H2,57,61)(H,62,67,68);1-2H3/b34-28+,44-17+,58-22?;. The van der Waals surface area contributed by atoms with Crippen LogP contribution in [-0.2, 0) is 23.2 Å². The van der Waals surface area contributed by atoms with E-state index in [2.05, 4.69) is 69.5 Å². The monoisotopic (exact) mass is 995 g/mol. The number of aromatic nitrogens is 3. The van der Waals surface area contributed by atoms with E-state index in [4.69, 9.17) is 5.73 Å². The minimum absolute atomic E-state index is 0.00760. The minimum Gasteiger partial charge on any atom is -0.384 e. The lowest BCUT2D eigenvalue weighted by Gasteiger charge is -2.37. The number of halogens is 3. The Morgan fingerprint density at radius 3 is 2.29 bits per heavy atom. The molecule has 3 aliphatic heterocycles. The van der Waals surface area contributed by atoms with Crippen LogP contribution in [0.3, 0.4) is 0 Å². The lowest BCUT2D eigenvalue weighted by atomic mass is 9.87. The number of alkyl halides is 3. The number of imidazole rings is 1. The number of fused-ring (bicyclic) bond motifs is 1. The number of aryl methyl sites for hydroxylation is 1. The summed E-state index contributed by atoms with van der Waals surface area (Å²) in [5, 5.41) is 8.49. The van der Waals surface area contributed by atoms with Crippen molar-refractivity contribution in [3.8, 4) is 0 Å². The summed E-state index contributed by atoms with van der Waals surface area (Å²) in [5.41, 5.74) is 13.1. The summed E-state index contributed by atoms with van der Waals surface area (Å²) in [4.78, 5) is 63.6. The highest BCUT2D eigenvalue weighted by atomic mass is 19.4. The molecule has 0 aliphatic carbocycles. The molecular weight excluding hydrogens is 922 g/mol. The van der Waals surface area contributed by atoms with Gasteiger partial charge in [0.25, 0.3) is 5.91 Å². The van der Waals surface area contributed by atoms with Crippen molar-refractivity contribution in [1.82, 2.24) is 39.9 Å². The number of carbonyl (C=O) groups excluding carboxylic acids is 3. The Hall–Kier alpha value is -6.17. The molecule has 7 rings (SSSR count). The normalized spacial score (nSPS) is 18.8. The maximum absolute atomic E-state index is 14.1. The molecule has 5 N–H and O–H groups in total. The first kappa shape index (κ1) is 55.1. The van der Waals surface area contributed by atoms with Crippen LogP contribution in [0, 0.1) is 11.8 Å². The highest BCUT2D eigenvalue weighted by molar-refractivity contribution is 6.00. The summed E-state index contributed by atoms with van der Waals surface area (Å²) < 4.78 is 45.1. The first-order chi connectivity index (χ1) is 34.5. The van der Waals surface area contributed by atoms with E-state index in [1.165, 1.54) is 20.3 Å². The van der Waals surface area contributed by atoms with Gasteiger partial charge in [-0.05, 0) is 155 Å². The van der Waals surface area contributed by atoms with Crippen molar-refractivity contribution in [2.45, 2.75) is 103 Å². The van der Waals surface area contributed by atoms with Crippen molar-refractivity contribution in [2.24, 2.45) is 23.9 Å². The van der Waals surface area contributed by atoms with Crippen LogP contribution in [0.5, 0.6) is 0 Å². The van der Waals surface area contributed by atoms with Crippen LogP contribution in [0.15, 0.2) is 100 Å². The molecule has 72 heavy (non-hydrogen) atoms. The van der Waals surface area contributed by atoms with E-state index in [9.17, 15) is 32.3 Å². The van der Waals surface area contributed by atoms with Crippen molar-refractivity contribution in [3.63, 3.8) is 0 Å². The molecule has 5 heterocycles. The molecule has 14 nitrogen and oxygen atoms in total. The summed E-state index contributed by atoms with van der Waals surface area (Å²) in [6.45, 7) is 16.6. The molecule has 3 fully saturated rings. The fourth-order valence-corrected chi connectivity index (χ4v) is 10.0. The zero-order valence-corrected chi connectivity index (χ0v) is 42.7. The predicted molar refractivity (Wildman–Crippen MR) is 281 cm³/mol. The van der Waals surface area contributed by atoms with E-state index >= 15 is 0 Å². The van der Waals surface area contributed by atoms with Crippen LogP contribution >= 0.6 is 0 Å². The van der Waals surface area contributed by atoms with Gasteiger partial charge in [-0.15, -0.1) is 0 Å². The minimum atomic E-state index is -4.39. The van der Waals surface area contributed by atoms with Crippen LogP contribution in [0.4, 0.5) is 19.0 Å². The number of likely N-dealkylation sites (tertiary alicyclic amines) is 2. The Labute approximate surface area is 421 Å². The summed E-state index contributed by atoms with van der Waals surface area (Å²) in [6, 6.07) is 16.4. The molecular formula is C55H73F3N10O4. The third-order valence-electron chi connectivity index (χ3n) is 14.5. The average molecular weight is 995 g/mol. The summed E-state index contributed by atoms with van der Waals surface area (Å²) >= 11 is 0. The third-order valence-corrected chi connectivity index (χ3v) is 14.5. The number of pyridine rings is 1. The van der Waals surface area contributed by atoms with Gasteiger partial charge < -0.3 is 21.3 Å². The van der Waals surface area contributed by atoms with Crippen LogP contribution in [0.25, 0.3) is 16.6 Å². The van der Waals surface area contributed by atoms with Gasteiger partial charge in [-0.1, -0.05) is 50.3 Å². The van der Waals surface area contributed by atoms with Crippen molar-refractivity contribution in [1.29, 1.82) is 0 Å². The molecule has 0 saturated carbocycles. The molecule has 3 amide bonds. The molecule has 3 atom stereocenters. The fourth-order valence-electron chi connectivity index (χ4n) is 10.0. The van der Waals surface area contributed by atoms with Gasteiger partial charge in [0.05, 0.1) is 17.0 Å². The Kier molecular flexibility index (Phi) is 19.5. The number of anilines is 1. The smallest absolute Gasteiger partial charge is 0.384 e. The highest BCUT2D eigenvalue weighted by Gasteiger charge is 2.39. The Balaban J connectivity index is 0.00000418. The SMILES string of the molecule is C=C(/C=C(\C)C(C)N1CCC(c2ccc(C(=O)N3CCC(CNCCC(CNCc4ccc5c(c4)n(C)c(=O)n5C4CCC(=O)NC4=O)C(F)(F)F)CC3)cc2)CC1)/C(=C\C=NC)c1ccc(N)nc1.CC. The van der Waals surface area contributed by atoms with Crippen molar-refractivity contribution < 1.29 is 27.6 Å². The number of amides is 3. The van der Waals surface area contributed by atoms with Gasteiger partial charge in [0.2, 0.25) is 11.8 Å². The number of aliphatic imine (C=N–C) groups is 1. The molecule has 2 aromatic carbocycles. The average Bonchev–Trinajstić information content (AvgIpc) is 3.62. The number of nitrogen functional groups attached to an aromatic ring is 1. The van der Waals surface area contributed by atoms with E-state index in [-0.39, 0.29) is 62.7 Å². The van der Waals surface area contributed by atoms with Gasteiger partial charge in [-0.3, -0.25) is 38.7 Å². The van der Waals surface area contributed by atoms with Crippen LogP contribution in [-0.4, -0.2) is 113 Å². The van der Waals surface area contributed by atoms with Gasteiger partial charge >= 0.3 is 11.9 Å². The second-order valence-electron chi connectivity index (χ2n) is 19.1. The molecule has 3 unspecified atom stereocenters. The maximum Gasteiger partial charge on any atom is 0.393 e. The molecule has 3 saturated heterocycles. The summed E-state index contributed by atoms with van der Waals surface area (Å²) in [6.07, 6.45) is 7.05. The van der Waals surface area contributed by atoms with E-state index in [0.717, 1.165) is 55.5 Å². The van der Waals surface area contributed by atoms with E-state index < -0.39 is 29.7 Å². The number of hydrogen-bond donors (Lipinski definition) is 4. The zero-order valence-electron chi connectivity index (χ0n) is 42.7. The second kappa shape index (κ2) is 25.5. The predicted octanol–water partition coefficient (Wildman–Crippen LogP) is 7.98. The lowest BCUT2D eigenvalue weighted by Crippen LogP contribution is -2.44. The van der Waals surface area contributed by atoms with Gasteiger partial charge in [-0.25, -0.2) is 9.78 Å². The Bertz CT molecular complexity index is 2650. The highest BCUT2D eigenvalue weighted by Crippen LogP contribution is 2.33. The Morgan fingerprint density at radius 1 is 0.958 bits per heavy atom. The van der Waals surface area contributed by atoms with Crippen molar-refractivity contribution in [3.05, 3.63) is 123 Å². The Morgan fingerprint density at radius 2 is 1.65 bits per heavy atom. The summed E-state index contributed by atoms with van der Waals surface area (Å²) in [7, 11) is 3.31. The zero-order chi connectivity index (χ0) is 52.1. The van der Waals surface area contributed by atoms with Crippen molar-refractivity contribution >= 4 is 46.4 Å². The van der Waals surface area contributed by atoms with E-state index in [1.54, 1.807) is 50.8 Å². The number of nitrogens with two attached hydrogens (primary N) is 1. The first-order valence-electron chi connectivity index (χ1n) is 25.4. The number of nitrogens with one attached hydrogen (secondary N) is 3. The number of allylic oxidation sites excluding steroid dienone is 4. The summed E-state index contributed by atoms with van der Waals surface area (Å²) in [5.74, 6) is -1.33. The third kappa shape index (κ3) is 13.9. The molecule has 0 spiro atoms. The number of imide groups is 1. The number of carbonyl (C=O) groups is 3. The second-order valence-corrected chi connectivity index (χ2v) is 19.1. The lowest BCUT2D eigenvalue weighted by molar-refractivity contribution is -0.174.